The van der Waals surface area contributed by atoms with E-state index in [4.69, 9.17) is 15.0 Å². The fraction of sp³-hybridized carbons (Fsp3) is 0. The first-order valence-corrected chi connectivity index (χ1v) is 32.1. The van der Waals surface area contributed by atoms with E-state index in [-0.39, 0.29) is 0 Å². The van der Waals surface area contributed by atoms with Crippen LogP contribution in [-0.2, 0) is 0 Å². The molecule has 0 bridgehead atoms. The molecule has 1 unspecified atom stereocenters. The molecule has 0 saturated carbocycles. The van der Waals surface area contributed by atoms with Crippen LogP contribution in [-0.4, -0.2) is 40.2 Å². The van der Waals surface area contributed by atoms with Gasteiger partial charge in [0, 0.05) is 43.9 Å². The van der Waals surface area contributed by atoms with Crippen LogP contribution >= 0.6 is 0 Å². The third-order valence-corrected chi connectivity index (χ3v) is 26.9. The summed E-state index contributed by atoms with van der Waals surface area (Å²) in [5.41, 5.74) is 9.73. The Kier molecular flexibility index (Phi) is 11.2. The average Bonchev–Trinajstić information content (AvgIpc) is 3.24. The molecule has 0 N–H and O–H groups in total. The predicted molar refractivity (Wildman–Crippen MR) is 346 cm³/mol. The Morgan fingerprint density at radius 1 is 0.268 bits per heavy atom. The molecule has 0 aliphatic carbocycles. The molecular weight excluding hydrogens is 1030 g/mol. The van der Waals surface area contributed by atoms with Crippen molar-refractivity contribution in [1.82, 2.24) is 24.1 Å². The van der Waals surface area contributed by atoms with Gasteiger partial charge in [-0.05, 0) is 77.9 Å². The zero-order valence-corrected chi connectivity index (χ0v) is 46.7. The summed E-state index contributed by atoms with van der Waals surface area (Å²) in [5.74, 6) is 1.81. The molecule has 7 heteroatoms. The number of hydrogen-bond donors (Lipinski definition) is 0. The molecule has 4 heterocycles. The first-order chi connectivity index (χ1) is 40.7. The standard InChI is InChI=1S/C75H51N5Si2/c1-5-24-54(25-6-1)81(55-26-7-2-8-27-55,56-28-9-3-10-29-56)58-48-44-52(45-49-58)73-76-74(78-75(77-73)64-35-16-20-40-68(64)79-65-37-17-13-32-60(65)61-33-14-18-38-66(61)79)53-46-50-59(51-47-53)82(57-30-11-4-12-31-57)70-42-22-21-41-69(70)80-67-39-19-15-34-62(67)63-36-23-43-71(82)72(63)80/h1-51H. The number of benzene rings is 12. The van der Waals surface area contributed by atoms with Gasteiger partial charge in [0.15, 0.2) is 33.6 Å². The largest absolute Gasteiger partial charge is 0.309 e. The lowest BCUT2D eigenvalue weighted by Gasteiger charge is -2.39. The fourth-order valence-electron chi connectivity index (χ4n) is 13.8. The van der Waals surface area contributed by atoms with E-state index in [1.54, 1.807) is 0 Å². The maximum atomic E-state index is 5.52. The molecule has 0 radical (unpaired) electrons. The SMILES string of the molecule is c1ccc([Si](c2ccccc2)(c2ccccc2)c2ccc(-c3nc(-c4ccc([Si]5(c6ccccc6)c6ccccc6-n6c7ccccc7c7cccc5c76)cc4)nc(-c4ccccc4-n4c5ccccc5c5ccccc54)n3)cc2)cc1. The molecule has 1 atom stereocenters. The summed E-state index contributed by atoms with van der Waals surface area (Å²) in [6.45, 7) is 0. The molecule has 3 aromatic heterocycles. The highest BCUT2D eigenvalue weighted by Gasteiger charge is 2.48. The first kappa shape index (κ1) is 47.7. The minimum Gasteiger partial charge on any atom is -0.309 e. The fourth-order valence-corrected chi connectivity index (χ4v) is 23.6. The van der Waals surface area contributed by atoms with Crippen LogP contribution < -0.4 is 41.5 Å². The van der Waals surface area contributed by atoms with Crippen molar-refractivity contribution in [3.63, 3.8) is 0 Å². The number of aromatic nitrogens is 5. The van der Waals surface area contributed by atoms with E-state index in [1.807, 2.05) is 0 Å². The van der Waals surface area contributed by atoms with Gasteiger partial charge in [0.1, 0.15) is 0 Å². The van der Waals surface area contributed by atoms with Crippen LogP contribution in [0.4, 0.5) is 0 Å². The Morgan fingerprint density at radius 3 is 1.23 bits per heavy atom. The highest BCUT2D eigenvalue weighted by atomic mass is 28.3. The third-order valence-electron chi connectivity index (χ3n) is 17.2. The van der Waals surface area contributed by atoms with Crippen molar-refractivity contribution in [2.24, 2.45) is 0 Å². The van der Waals surface area contributed by atoms with Crippen LogP contribution in [0, 0.1) is 0 Å². The lowest BCUT2D eigenvalue weighted by Crippen LogP contribution is -2.76. The van der Waals surface area contributed by atoms with E-state index in [2.05, 4.69) is 319 Å². The molecule has 12 aromatic carbocycles. The monoisotopic (exact) mass is 1080 g/mol. The summed E-state index contributed by atoms with van der Waals surface area (Å²) in [7, 11) is -5.78. The molecule has 16 rings (SSSR count). The predicted octanol–water partition coefficient (Wildman–Crippen LogP) is 12.1. The first-order valence-electron chi connectivity index (χ1n) is 28.1. The Bertz CT molecular complexity index is 4760. The number of hydrogen-bond acceptors (Lipinski definition) is 3. The van der Waals surface area contributed by atoms with Crippen molar-refractivity contribution >= 4 is 101 Å². The minimum absolute atomic E-state index is 0.600. The molecule has 1 aliphatic heterocycles. The second kappa shape index (κ2) is 19.2. The van der Waals surface area contributed by atoms with Crippen molar-refractivity contribution in [2.75, 3.05) is 0 Å². The van der Waals surface area contributed by atoms with Gasteiger partial charge < -0.3 is 9.13 Å². The molecule has 384 valence electrons. The topological polar surface area (TPSA) is 48.5 Å². The van der Waals surface area contributed by atoms with E-state index in [0.29, 0.717) is 17.5 Å². The summed E-state index contributed by atoms with van der Waals surface area (Å²) in [4.78, 5) is 16.5. The summed E-state index contributed by atoms with van der Waals surface area (Å²) in [5, 5.41) is 15.6. The van der Waals surface area contributed by atoms with Crippen LogP contribution in [0.1, 0.15) is 0 Å². The van der Waals surface area contributed by atoms with Gasteiger partial charge in [0.2, 0.25) is 0 Å². The van der Waals surface area contributed by atoms with Gasteiger partial charge in [0.25, 0.3) is 0 Å². The maximum absolute atomic E-state index is 5.52. The van der Waals surface area contributed by atoms with Crippen LogP contribution in [0.15, 0.2) is 309 Å². The smallest absolute Gasteiger partial charge is 0.184 e. The lowest BCUT2D eigenvalue weighted by molar-refractivity contribution is 1.06. The summed E-state index contributed by atoms with van der Waals surface area (Å²) < 4.78 is 4.88. The van der Waals surface area contributed by atoms with Gasteiger partial charge in [-0.15, -0.1) is 0 Å². The molecule has 1 aliphatic rings. The van der Waals surface area contributed by atoms with Crippen LogP contribution in [0.2, 0.25) is 0 Å². The van der Waals surface area contributed by atoms with Crippen LogP contribution in [0.25, 0.3) is 89.2 Å². The van der Waals surface area contributed by atoms with Gasteiger partial charge in [0.05, 0.1) is 27.8 Å². The van der Waals surface area contributed by atoms with Crippen molar-refractivity contribution in [3.8, 4) is 45.5 Å². The second-order valence-electron chi connectivity index (χ2n) is 21.4. The van der Waals surface area contributed by atoms with Crippen molar-refractivity contribution in [2.45, 2.75) is 0 Å². The highest BCUT2D eigenvalue weighted by molar-refractivity contribution is 7.21. The molecule has 15 aromatic rings. The molecule has 0 spiro atoms. The molecule has 0 amide bonds. The Labute approximate surface area is 477 Å². The summed E-state index contributed by atoms with van der Waals surface area (Å²) in [6.07, 6.45) is 0. The quantitative estimate of drug-likeness (QED) is 0.101. The van der Waals surface area contributed by atoms with Crippen molar-refractivity contribution in [3.05, 3.63) is 309 Å². The average molecular weight is 1080 g/mol. The van der Waals surface area contributed by atoms with E-state index >= 15 is 0 Å². The molecular formula is C75H51N5Si2. The third kappa shape index (κ3) is 7.13. The molecule has 5 nitrogen and oxygen atoms in total. The normalized spacial score (nSPS) is 13.9. The summed E-state index contributed by atoms with van der Waals surface area (Å²) in [6, 6.07) is 114. The Morgan fingerprint density at radius 2 is 0.659 bits per heavy atom. The molecule has 0 fully saturated rings. The van der Waals surface area contributed by atoms with Gasteiger partial charge in [-0.1, -0.05) is 273 Å². The highest BCUT2D eigenvalue weighted by Crippen LogP contribution is 2.38. The number of nitrogens with zero attached hydrogens (tertiary/aromatic N) is 5. The zero-order valence-electron chi connectivity index (χ0n) is 44.7. The van der Waals surface area contributed by atoms with Crippen molar-refractivity contribution in [1.29, 1.82) is 0 Å². The van der Waals surface area contributed by atoms with Gasteiger partial charge in [-0.25, -0.2) is 15.0 Å². The number of fused-ring (bicyclic) bond motifs is 8. The number of para-hydroxylation sites is 6. The second-order valence-corrected chi connectivity index (χ2v) is 28.9. The maximum Gasteiger partial charge on any atom is 0.184 e. The van der Waals surface area contributed by atoms with Gasteiger partial charge in [-0.3, -0.25) is 0 Å². The minimum atomic E-state index is -2.97. The Balaban J connectivity index is 0.906. The van der Waals surface area contributed by atoms with E-state index in [9.17, 15) is 0 Å². The van der Waals surface area contributed by atoms with E-state index in [0.717, 1.165) is 33.4 Å². The Hall–Kier alpha value is -10.3. The van der Waals surface area contributed by atoms with Gasteiger partial charge in [-0.2, -0.15) is 0 Å². The van der Waals surface area contributed by atoms with Crippen LogP contribution in [0.3, 0.4) is 0 Å². The van der Waals surface area contributed by atoms with E-state index in [1.165, 1.54) is 79.8 Å². The molecule has 0 saturated heterocycles. The molecule has 82 heavy (non-hydrogen) atoms. The lowest BCUT2D eigenvalue weighted by atomic mass is 10.1. The van der Waals surface area contributed by atoms with Crippen molar-refractivity contribution < 1.29 is 0 Å². The summed E-state index contributed by atoms with van der Waals surface area (Å²) >= 11 is 0. The van der Waals surface area contributed by atoms with Gasteiger partial charge >= 0.3 is 0 Å². The van der Waals surface area contributed by atoms with Crippen LogP contribution in [0.5, 0.6) is 0 Å². The van der Waals surface area contributed by atoms with E-state index < -0.39 is 16.1 Å². The number of rotatable bonds is 10. The zero-order chi connectivity index (χ0) is 54.2.